The molecule has 0 heterocycles. The molecule has 0 aromatic heterocycles. The van der Waals surface area contributed by atoms with Crippen LogP contribution in [0, 0.1) is 0 Å². The smallest absolute Gasteiger partial charge is 0.306 e. The average Bonchev–Trinajstić information content (AvgIpc) is 3.24. The molecule has 1 unspecified atom stereocenters. The summed E-state index contributed by atoms with van der Waals surface area (Å²) in [5.74, 6) is -0.992. The molecular formula is C54H88O6. The second-order valence-corrected chi connectivity index (χ2v) is 15.6. The highest BCUT2D eigenvalue weighted by Gasteiger charge is 2.19. The number of rotatable bonds is 42. The minimum absolute atomic E-state index is 0.106. The normalized spacial score (nSPS) is 12.9. The molecule has 0 aliphatic heterocycles. The van der Waals surface area contributed by atoms with Gasteiger partial charge in [-0.1, -0.05) is 176 Å². The minimum atomic E-state index is -0.807. The summed E-state index contributed by atoms with van der Waals surface area (Å²) in [6, 6.07) is 0. The fourth-order valence-corrected chi connectivity index (χ4v) is 6.21. The van der Waals surface area contributed by atoms with E-state index in [1.807, 2.05) is 0 Å². The molecule has 0 fully saturated rings. The van der Waals surface area contributed by atoms with Crippen molar-refractivity contribution < 1.29 is 28.6 Å². The maximum atomic E-state index is 12.7. The van der Waals surface area contributed by atoms with Crippen molar-refractivity contribution in [3.05, 3.63) is 97.2 Å². The molecule has 0 saturated heterocycles. The molecule has 0 aliphatic carbocycles. The summed E-state index contributed by atoms with van der Waals surface area (Å²) in [6.45, 7) is 6.29. The Morgan fingerprint density at radius 2 is 0.667 bits per heavy atom. The summed E-state index contributed by atoms with van der Waals surface area (Å²) in [7, 11) is 0. The predicted molar refractivity (Wildman–Crippen MR) is 256 cm³/mol. The molecule has 340 valence electrons. The Balaban J connectivity index is 4.43. The van der Waals surface area contributed by atoms with Gasteiger partial charge in [0.2, 0.25) is 0 Å². The van der Waals surface area contributed by atoms with E-state index in [9.17, 15) is 14.4 Å². The highest BCUT2D eigenvalue weighted by molar-refractivity contribution is 5.71. The largest absolute Gasteiger partial charge is 0.462 e. The predicted octanol–water partition coefficient (Wildman–Crippen LogP) is 15.8. The quantitative estimate of drug-likeness (QED) is 0.0264. The Morgan fingerprint density at radius 1 is 0.350 bits per heavy atom. The minimum Gasteiger partial charge on any atom is -0.462 e. The van der Waals surface area contributed by atoms with Crippen LogP contribution in [0.1, 0.15) is 207 Å². The summed E-state index contributed by atoms with van der Waals surface area (Å²) in [5.41, 5.74) is 0. The van der Waals surface area contributed by atoms with Gasteiger partial charge < -0.3 is 14.2 Å². The number of allylic oxidation sites excluding steroid dienone is 16. The van der Waals surface area contributed by atoms with Gasteiger partial charge in [0.05, 0.1) is 0 Å². The van der Waals surface area contributed by atoms with E-state index in [-0.39, 0.29) is 37.5 Å². The number of unbranched alkanes of at least 4 members (excludes halogenated alkanes) is 15. The van der Waals surface area contributed by atoms with E-state index >= 15 is 0 Å². The van der Waals surface area contributed by atoms with Gasteiger partial charge in [-0.25, -0.2) is 0 Å². The second kappa shape index (κ2) is 48.0. The number of hydrogen-bond donors (Lipinski definition) is 0. The zero-order valence-electron chi connectivity index (χ0n) is 38.7. The maximum Gasteiger partial charge on any atom is 0.306 e. The van der Waals surface area contributed by atoms with E-state index in [4.69, 9.17) is 14.2 Å². The van der Waals surface area contributed by atoms with Crippen molar-refractivity contribution >= 4 is 17.9 Å². The van der Waals surface area contributed by atoms with Gasteiger partial charge in [-0.3, -0.25) is 14.4 Å². The molecule has 0 N–H and O–H groups in total. The number of hydrogen-bond acceptors (Lipinski definition) is 6. The average molecular weight is 833 g/mol. The van der Waals surface area contributed by atoms with Crippen LogP contribution in [-0.2, 0) is 28.6 Å². The summed E-state index contributed by atoms with van der Waals surface area (Å²) in [4.78, 5) is 37.8. The standard InChI is InChI=1S/C54H88O6/c1-4-7-10-13-16-19-22-24-25-26-27-28-29-30-33-35-38-41-44-47-53(56)59-50-51(49-58-52(55)46-43-40-37-34-31-21-18-15-12-9-6-3)60-54(57)48-45-42-39-36-32-23-20-17-14-11-8-5-2/h7,9-10,12,16-21,24-25,27-28,34,37,51H,4-6,8,11,13-15,22-23,26,29-33,35-36,38-50H2,1-3H3/b10-7-,12-9-,19-16-,20-17-,21-18-,25-24-,28-27-,37-34-. The Bertz CT molecular complexity index is 1230. The fourth-order valence-electron chi connectivity index (χ4n) is 6.21. The van der Waals surface area contributed by atoms with Gasteiger partial charge in [0, 0.05) is 19.3 Å². The van der Waals surface area contributed by atoms with Gasteiger partial charge in [0.15, 0.2) is 6.10 Å². The third-order valence-corrected chi connectivity index (χ3v) is 9.80. The van der Waals surface area contributed by atoms with Crippen molar-refractivity contribution in [1.82, 2.24) is 0 Å². The van der Waals surface area contributed by atoms with Crippen LogP contribution in [0.2, 0.25) is 0 Å². The summed E-state index contributed by atoms with van der Waals surface area (Å²) >= 11 is 0. The van der Waals surface area contributed by atoms with Crippen LogP contribution in [-0.4, -0.2) is 37.2 Å². The Kier molecular flexibility index (Phi) is 45.1. The molecule has 0 bridgehead atoms. The van der Waals surface area contributed by atoms with E-state index in [1.54, 1.807) is 0 Å². The SMILES string of the molecule is CC/C=C\C/C=C\C/C=C\C/C=C\CCCCCCCCC(=O)OCC(COC(=O)CCC/C=C\C/C=C\C/C=C\CC)OC(=O)CCCCCCC/C=C\CCCCC. The van der Waals surface area contributed by atoms with Crippen LogP contribution in [0.4, 0.5) is 0 Å². The number of ether oxygens (including phenoxy) is 3. The first-order valence-corrected chi connectivity index (χ1v) is 24.2. The Hall–Kier alpha value is -3.67. The first-order valence-electron chi connectivity index (χ1n) is 24.2. The Morgan fingerprint density at radius 3 is 1.10 bits per heavy atom. The van der Waals surface area contributed by atoms with Crippen LogP contribution in [0.5, 0.6) is 0 Å². The molecule has 0 radical (unpaired) electrons. The van der Waals surface area contributed by atoms with Crippen LogP contribution in [0.25, 0.3) is 0 Å². The zero-order chi connectivity index (χ0) is 43.7. The van der Waals surface area contributed by atoms with Crippen molar-refractivity contribution in [2.24, 2.45) is 0 Å². The third kappa shape index (κ3) is 45.4. The first kappa shape index (κ1) is 56.3. The molecule has 0 aliphatic rings. The van der Waals surface area contributed by atoms with Gasteiger partial charge in [-0.05, 0) is 109 Å². The van der Waals surface area contributed by atoms with E-state index in [0.717, 1.165) is 116 Å². The summed E-state index contributed by atoms with van der Waals surface area (Å²) in [6.07, 6.45) is 62.6. The molecule has 0 rings (SSSR count). The first-order chi connectivity index (χ1) is 29.5. The third-order valence-electron chi connectivity index (χ3n) is 9.80. The maximum absolute atomic E-state index is 12.7. The van der Waals surface area contributed by atoms with Gasteiger partial charge in [0.25, 0.3) is 0 Å². The molecule has 60 heavy (non-hydrogen) atoms. The molecule has 0 spiro atoms. The van der Waals surface area contributed by atoms with Crippen LogP contribution in [0.15, 0.2) is 97.2 Å². The molecule has 0 amide bonds. The summed E-state index contributed by atoms with van der Waals surface area (Å²) < 4.78 is 16.7. The molecule has 0 aromatic carbocycles. The lowest BCUT2D eigenvalue weighted by Gasteiger charge is -2.18. The van der Waals surface area contributed by atoms with Gasteiger partial charge >= 0.3 is 17.9 Å². The van der Waals surface area contributed by atoms with E-state index in [1.165, 1.54) is 44.9 Å². The highest BCUT2D eigenvalue weighted by Crippen LogP contribution is 2.13. The van der Waals surface area contributed by atoms with E-state index in [2.05, 4.69) is 118 Å². The molecule has 6 nitrogen and oxygen atoms in total. The topological polar surface area (TPSA) is 78.9 Å². The lowest BCUT2D eigenvalue weighted by Crippen LogP contribution is -2.30. The number of carbonyl (C=O) groups excluding carboxylic acids is 3. The second-order valence-electron chi connectivity index (χ2n) is 15.6. The molecule has 6 heteroatoms. The monoisotopic (exact) mass is 833 g/mol. The van der Waals surface area contributed by atoms with Gasteiger partial charge in [-0.15, -0.1) is 0 Å². The van der Waals surface area contributed by atoms with Crippen molar-refractivity contribution in [3.63, 3.8) is 0 Å². The highest BCUT2D eigenvalue weighted by atomic mass is 16.6. The fraction of sp³-hybridized carbons (Fsp3) is 0.648. The van der Waals surface area contributed by atoms with Crippen molar-refractivity contribution in [2.45, 2.75) is 213 Å². The summed E-state index contributed by atoms with van der Waals surface area (Å²) in [5, 5.41) is 0. The van der Waals surface area contributed by atoms with Crippen LogP contribution in [0.3, 0.4) is 0 Å². The van der Waals surface area contributed by atoms with E-state index < -0.39 is 6.10 Å². The lowest BCUT2D eigenvalue weighted by molar-refractivity contribution is -0.167. The molecular weight excluding hydrogens is 745 g/mol. The lowest BCUT2D eigenvalue weighted by atomic mass is 10.1. The van der Waals surface area contributed by atoms with Crippen molar-refractivity contribution in [3.8, 4) is 0 Å². The Labute approximate surface area is 368 Å². The van der Waals surface area contributed by atoms with Gasteiger partial charge in [0.1, 0.15) is 13.2 Å². The zero-order valence-corrected chi connectivity index (χ0v) is 38.7. The molecule has 1 atom stereocenters. The van der Waals surface area contributed by atoms with Crippen molar-refractivity contribution in [2.75, 3.05) is 13.2 Å². The van der Waals surface area contributed by atoms with E-state index in [0.29, 0.717) is 19.3 Å². The van der Waals surface area contributed by atoms with Crippen molar-refractivity contribution in [1.29, 1.82) is 0 Å². The molecule has 0 aromatic rings. The molecule has 0 saturated carbocycles. The number of esters is 3. The van der Waals surface area contributed by atoms with Crippen LogP contribution >= 0.6 is 0 Å². The van der Waals surface area contributed by atoms with Gasteiger partial charge in [-0.2, -0.15) is 0 Å². The van der Waals surface area contributed by atoms with Crippen LogP contribution < -0.4 is 0 Å². The number of carbonyl (C=O) groups is 3.